The number of aliphatic hydroxyl groups excluding tert-OH is 9. The Morgan fingerprint density at radius 1 is 0.646 bits per heavy atom. The van der Waals surface area contributed by atoms with E-state index in [1.807, 2.05) is 0 Å². The van der Waals surface area contributed by atoms with E-state index in [4.69, 9.17) is 33.2 Å². The number of ether oxygens (including phenoxy) is 7. The first kappa shape index (κ1) is 36.6. The monoisotopic (exact) mass is 696 g/mol. The lowest BCUT2D eigenvalue weighted by atomic mass is 9.82. The molecule has 18 nitrogen and oxygen atoms in total. The van der Waals surface area contributed by atoms with Gasteiger partial charge in [-0.05, 0) is 19.9 Å². The molecule has 11 N–H and O–H groups in total. The molecule has 0 amide bonds. The first-order valence-electron chi connectivity index (χ1n) is 16.3. The van der Waals surface area contributed by atoms with Gasteiger partial charge in [-0.3, -0.25) is 0 Å². The largest absolute Gasteiger partial charge is 0.472 e. The molecule has 21 atom stereocenters. The summed E-state index contributed by atoms with van der Waals surface area (Å²) in [6.07, 6.45) is -17.9. The maximum atomic E-state index is 11.5. The SMILES string of the molecule is C[C@]1(O)C[C@@H](O)[C@@H]2C[C@H](O[C@H]3C[C@@](C)(O)[C@@H]4[C@@H](O[C@H]5O[C@@H](CO)[C@H](O)[C@@H](O)[C@@H]5O)OC=C[C@@H]43)O[C@@H](O[C@H]3O[C@@H](CO)[C@H](O)[C@@H](O)[C@@H]3O)[C@@H]21. The summed E-state index contributed by atoms with van der Waals surface area (Å²) in [5.41, 5.74) is -2.97. The molecule has 2 saturated carbocycles. The fourth-order valence-electron chi connectivity index (χ4n) is 8.34. The molecule has 6 aliphatic rings. The predicted molar refractivity (Wildman–Crippen MR) is 152 cm³/mol. The normalized spacial score (nSPS) is 56.8. The molecule has 0 bridgehead atoms. The molecule has 0 unspecified atom stereocenters. The molecule has 0 radical (unpaired) electrons. The molecule has 276 valence electrons. The van der Waals surface area contributed by atoms with Crippen LogP contribution in [0.4, 0.5) is 0 Å². The van der Waals surface area contributed by atoms with Crippen molar-refractivity contribution in [2.24, 2.45) is 23.7 Å². The van der Waals surface area contributed by atoms with Crippen molar-refractivity contribution in [2.45, 2.75) is 137 Å². The second-order valence-corrected chi connectivity index (χ2v) is 14.3. The fraction of sp³-hybridized carbons (Fsp3) is 0.933. The second kappa shape index (κ2) is 13.8. The van der Waals surface area contributed by atoms with Gasteiger partial charge in [-0.25, -0.2) is 0 Å². The number of fused-ring (bicyclic) bond motifs is 2. The zero-order chi connectivity index (χ0) is 34.9. The van der Waals surface area contributed by atoms with Crippen LogP contribution in [0.15, 0.2) is 12.3 Å². The van der Waals surface area contributed by atoms with Crippen LogP contribution in [0.3, 0.4) is 0 Å². The average molecular weight is 697 g/mol. The summed E-state index contributed by atoms with van der Waals surface area (Å²) in [6, 6.07) is 0. The Morgan fingerprint density at radius 3 is 1.75 bits per heavy atom. The molecule has 18 heteroatoms. The van der Waals surface area contributed by atoms with Crippen molar-refractivity contribution in [1.29, 1.82) is 0 Å². The van der Waals surface area contributed by atoms with Crippen molar-refractivity contribution >= 4 is 0 Å². The first-order valence-corrected chi connectivity index (χ1v) is 16.3. The molecule has 3 saturated heterocycles. The van der Waals surface area contributed by atoms with E-state index in [0.717, 1.165) is 0 Å². The fourth-order valence-corrected chi connectivity index (χ4v) is 8.34. The topological polar surface area (TPSA) is 287 Å². The Bertz CT molecular complexity index is 1140. The van der Waals surface area contributed by atoms with Crippen LogP contribution in [0, 0.1) is 23.7 Å². The molecule has 6 rings (SSSR count). The highest BCUT2D eigenvalue weighted by molar-refractivity contribution is 5.11. The molecule has 0 spiro atoms. The van der Waals surface area contributed by atoms with Gasteiger partial charge < -0.3 is 89.3 Å². The highest BCUT2D eigenvalue weighted by Gasteiger charge is 2.61. The summed E-state index contributed by atoms with van der Waals surface area (Å²) in [5, 5.41) is 115. The van der Waals surface area contributed by atoms with E-state index in [-0.39, 0.29) is 19.3 Å². The van der Waals surface area contributed by atoms with Crippen molar-refractivity contribution in [1.82, 2.24) is 0 Å². The van der Waals surface area contributed by atoms with E-state index in [0.29, 0.717) is 0 Å². The lowest BCUT2D eigenvalue weighted by molar-refractivity contribution is -0.386. The average Bonchev–Trinajstić information content (AvgIpc) is 3.44. The van der Waals surface area contributed by atoms with Gasteiger partial charge in [0.25, 0.3) is 0 Å². The Hall–Kier alpha value is -1.14. The number of aliphatic hydroxyl groups is 11. The molecule has 0 aromatic heterocycles. The summed E-state index contributed by atoms with van der Waals surface area (Å²) in [7, 11) is 0. The first-order chi connectivity index (χ1) is 22.6. The summed E-state index contributed by atoms with van der Waals surface area (Å²) in [5.74, 6) is -2.82. The second-order valence-electron chi connectivity index (χ2n) is 14.3. The third-order valence-electron chi connectivity index (χ3n) is 10.9. The van der Waals surface area contributed by atoms with Crippen molar-refractivity contribution in [3.05, 3.63) is 12.3 Å². The smallest absolute Gasteiger partial charge is 0.207 e. The zero-order valence-electron chi connectivity index (χ0n) is 26.4. The molecule has 48 heavy (non-hydrogen) atoms. The van der Waals surface area contributed by atoms with Crippen molar-refractivity contribution < 1.29 is 89.3 Å². The molecule has 2 aliphatic carbocycles. The van der Waals surface area contributed by atoms with E-state index < -0.39 is 141 Å². The van der Waals surface area contributed by atoms with Crippen LogP contribution in [0.1, 0.15) is 33.1 Å². The minimum atomic E-state index is -1.75. The Balaban J connectivity index is 1.18. The highest BCUT2D eigenvalue weighted by Crippen LogP contribution is 2.52. The third kappa shape index (κ3) is 6.54. The Labute approximate surface area is 275 Å². The predicted octanol–water partition coefficient (Wildman–Crippen LogP) is -4.92. The van der Waals surface area contributed by atoms with Crippen molar-refractivity contribution in [2.75, 3.05) is 13.2 Å². The number of rotatable bonds is 8. The lowest BCUT2D eigenvalue weighted by Crippen LogP contribution is -2.61. The van der Waals surface area contributed by atoms with Crippen LogP contribution >= 0.6 is 0 Å². The Morgan fingerprint density at radius 2 is 1.19 bits per heavy atom. The van der Waals surface area contributed by atoms with Gasteiger partial charge in [0.2, 0.25) is 6.29 Å². The number of hydrogen-bond acceptors (Lipinski definition) is 18. The standard InChI is InChI=1S/C30H48O18/c1-29(40)6-12(33)11-5-16(46-26(18(11)29)48-28-24(39)22(37)20(35)15(9-32)45-28)43-13-7-30(2,41)17-10(13)3-4-42-25(17)47-27-23(38)21(36)19(34)14(8-31)44-27/h3-4,10-28,31-41H,5-9H2,1-2H3/t10-,11+,12-,13+,14+,15+,16-,17+,18-,19+,20+,21-,22-,23+,24+,25-,26+,27-,28-,29+,30-/m1/s1. The maximum absolute atomic E-state index is 11.5. The van der Waals surface area contributed by atoms with E-state index in [1.165, 1.54) is 13.2 Å². The zero-order valence-corrected chi connectivity index (χ0v) is 26.4. The van der Waals surface area contributed by atoms with Crippen LogP contribution in [0.25, 0.3) is 0 Å². The van der Waals surface area contributed by atoms with E-state index in [2.05, 4.69) is 0 Å². The van der Waals surface area contributed by atoms with E-state index in [9.17, 15) is 56.2 Å². The van der Waals surface area contributed by atoms with Crippen LogP contribution in [0.5, 0.6) is 0 Å². The molecule has 4 heterocycles. The van der Waals surface area contributed by atoms with Gasteiger partial charge in [0.05, 0.1) is 48.8 Å². The van der Waals surface area contributed by atoms with Crippen LogP contribution in [-0.4, -0.2) is 173 Å². The van der Waals surface area contributed by atoms with Crippen LogP contribution in [-0.2, 0) is 33.2 Å². The summed E-state index contributed by atoms with van der Waals surface area (Å²) in [4.78, 5) is 0. The third-order valence-corrected chi connectivity index (χ3v) is 10.9. The maximum Gasteiger partial charge on any atom is 0.207 e. The van der Waals surface area contributed by atoms with Crippen LogP contribution < -0.4 is 0 Å². The van der Waals surface area contributed by atoms with Gasteiger partial charge in [-0.1, -0.05) is 0 Å². The van der Waals surface area contributed by atoms with Crippen molar-refractivity contribution in [3.8, 4) is 0 Å². The Kier molecular flexibility index (Phi) is 10.5. The molecular formula is C30H48O18. The summed E-state index contributed by atoms with van der Waals surface area (Å²) < 4.78 is 41.1. The van der Waals surface area contributed by atoms with Gasteiger partial charge in [0.1, 0.15) is 48.8 Å². The van der Waals surface area contributed by atoms with E-state index in [1.54, 1.807) is 13.0 Å². The lowest BCUT2D eigenvalue weighted by Gasteiger charge is -2.46. The minimum absolute atomic E-state index is 0.0210. The number of hydrogen-bond donors (Lipinski definition) is 11. The quantitative estimate of drug-likeness (QED) is 0.113. The molecule has 5 fully saturated rings. The van der Waals surface area contributed by atoms with Gasteiger partial charge in [0, 0.05) is 37.0 Å². The molecule has 0 aromatic rings. The molecule has 0 aromatic carbocycles. The molecular weight excluding hydrogens is 648 g/mol. The van der Waals surface area contributed by atoms with Crippen molar-refractivity contribution in [3.63, 3.8) is 0 Å². The molecule has 4 aliphatic heterocycles. The minimum Gasteiger partial charge on any atom is -0.472 e. The van der Waals surface area contributed by atoms with E-state index >= 15 is 0 Å². The van der Waals surface area contributed by atoms with Gasteiger partial charge in [-0.15, -0.1) is 0 Å². The van der Waals surface area contributed by atoms with Crippen LogP contribution in [0.2, 0.25) is 0 Å². The van der Waals surface area contributed by atoms with Gasteiger partial charge in [-0.2, -0.15) is 0 Å². The summed E-state index contributed by atoms with van der Waals surface area (Å²) in [6.45, 7) is 1.70. The van der Waals surface area contributed by atoms with Gasteiger partial charge in [0.15, 0.2) is 25.2 Å². The summed E-state index contributed by atoms with van der Waals surface area (Å²) >= 11 is 0. The van der Waals surface area contributed by atoms with Gasteiger partial charge >= 0.3 is 0 Å². The highest BCUT2D eigenvalue weighted by atomic mass is 16.8.